The number of carbonyl (C=O) groups excluding carboxylic acids is 1. The van der Waals surface area contributed by atoms with Crippen LogP contribution in [0.15, 0.2) is 18.2 Å². The average molecular weight is 412 g/mol. The fourth-order valence-corrected chi connectivity index (χ4v) is 3.74. The number of nitrogens with one attached hydrogen (secondary N) is 1. The van der Waals surface area contributed by atoms with E-state index in [0.717, 1.165) is 39.0 Å². The lowest BCUT2D eigenvalue weighted by atomic mass is 10.2. The van der Waals surface area contributed by atoms with Crippen molar-refractivity contribution in [1.82, 2.24) is 20.3 Å². The SMILES string of the molecule is O=C(NCc1nc(N2CCCC2)nc(N2CCOCC2)n1)c1ccc2c(c1)OCO2. The Morgan fingerprint density at radius 3 is 2.40 bits per heavy atom. The number of hydrogen-bond acceptors (Lipinski definition) is 9. The van der Waals surface area contributed by atoms with Gasteiger partial charge in [0.15, 0.2) is 17.3 Å². The van der Waals surface area contributed by atoms with Gasteiger partial charge in [0.2, 0.25) is 18.7 Å². The van der Waals surface area contributed by atoms with Crippen LogP contribution in [0.5, 0.6) is 11.5 Å². The number of carbonyl (C=O) groups is 1. The Balaban J connectivity index is 1.33. The van der Waals surface area contributed by atoms with Crippen LogP contribution in [-0.4, -0.2) is 67.0 Å². The number of ether oxygens (including phenoxy) is 3. The number of morpholine rings is 1. The lowest BCUT2D eigenvalue weighted by Gasteiger charge is -2.28. The number of aromatic nitrogens is 3. The fourth-order valence-electron chi connectivity index (χ4n) is 3.74. The van der Waals surface area contributed by atoms with Crippen molar-refractivity contribution in [2.24, 2.45) is 0 Å². The van der Waals surface area contributed by atoms with Gasteiger partial charge in [-0.2, -0.15) is 15.0 Å². The first kappa shape index (κ1) is 18.9. The van der Waals surface area contributed by atoms with Crippen LogP contribution in [0, 0.1) is 0 Å². The lowest BCUT2D eigenvalue weighted by molar-refractivity contribution is 0.0949. The van der Waals surface area contributed by atoms with E-state index in [-0.39, 0.29) is 19.2 Å². The van der Waals surface area contributed by atoms with E-state index in [2.05, 4.69) is 25.1 Å². The molecule has 1 amide bonds. The number of anilines is 2. The Labute approximate surface area is 174 Å². The van der Waals surface area contributed by atoms with Gasteiger partial charge in [0.25, 0.3) is 5.91 Å². The van der Waals surface area contributed by atoms with Crippen molar-refractivity contribution in [3.8, 4) is 11.5 Å². The summed E-state index contributed by atoms with van der Waals surface area (Å²) in [5.74, 6) is 2.87. The molecular formula is C20H24N6O4. The number of rotatable bonds is 5. The largest absolute Gasteiger partial charge is 0.454 e. The molecule has 3 aliphatic rings. The van der Waals surface area contributed by atoms with Crippen LogP contribution in [-0.2, 0) is 11.3 Å². The fraction of sp³-hybridized carbons (Fsp3) is 0.500. The normalized spacial score (nSPS) is 18.0. The molecule has 0 unspecified atom stereocenters. The van der Waals surface area contributed by atoms with Gasteiger partial charge in [0, 0.05) is 31.7 Å². The minimum absolute atomic E-state index is 0.175. The Kier molecular flexibility index (Phi) is 5.22. The predicted molar refractivity (Wildman–Crippen MR) is 108 cm³/mol. The van der Waals surface area contributed by atoms with E-state index < -0.39 is 0 Å². The standard InChI is InChI=1S/C20H24N6O4/c27-18(14-3-4-15-16(11-14)30-13-29-15)21-12-17-22-19(25-5-1-2-6-25)24-20(23-17)26-7-9-28-10-8-26/h3-4,11H,1-2,5-10,12-13H2,(H,21,27). The minimum Gasteiger partial charge on any atom is -0.454 e. The molecule has 0 spiro atoms. The topological polar surface area (TPSA) is 102 Å². The number of benzene rings is 1. The van der Waals surface area contributed by atoms with E-state index in [9.17, 15) is 4.79 Å². The van der Waals surface area contributed by atoms with Gasteiger partial charge in [-0.25, -0.2) is 0 Å². The molecule has 0 saturated carbocycles. The van der Waals surface area contributed by atoms with Crippen LogP contribution in [0.4, 0.5) is 11.9 Å². The van der Waals surface area contributed by atoms with Crippen molar-refractivity contribution in [1.29, 1.82) is 0 Å². The van der Waals surface area contributed by atoms with E-state index in [1.54, 1.807) is 18.2 Å². The third-order valence-electron chi connectivity index (χ3n) is 5.38. The smallest absolute Gasteiger partial charge is 0.251 e. The second kappa shape index (κ2) is 8.31. The molecule has 2 aromatic rings. The summed E-state index contributed by atoms with van der Waals surface area (Å²) in [7, 11) is 0. The molecule has 1 aromatic heterocycles. The molecule has 5 rings (SSSR count). The first-order valence-corrected chi connectivity index (χ1v) is 10.3. The second-order valence-corrected chi connectivity index (χ2v) is 7.40. The molecule has 0 bridgehead atoms. The van der Waals surface area contributed by atoms with Gasteiger partial charge in [-0.15, -0.1) is 0 Å². The molecular weight excluding hydrogens is 388 g/mol. The third kappa shape index (κ3) is 3.95. The van der Waals surface area contributed by atoms with Crippen LogP contribution in [0.1, 0.15) is 29.0 Å². The van der Waals surface area contributed by atoms with Crippen molar-refractivity contribution >= 4 is 17.8 Å². The van der Waals surface area contributed by atoms with Gasteiger partial charge >= 0.3 is 0 Å². The summed E-state index contributed by atoms with van der Waals surface area (Å²) in [6.07, 6.45) is 2.27. The van der Waals surface area contributed by atoms with Crippen LogP contribution in [0.25, 0.3) is 0 Å². The lowest BCUT2D eigenvalue weighted by Crippen LogP contribution is -2.38. The Morgan fingerprint density at radius 2 is 1.63 bits per heavy atom. The molecule has 2 fully saturated rings. The molecule has 0 aliphatic carbocycles. The molecule has 1 N–H and O–H groups in total. The Hall–Kier alpha value is -3.14. The van der Waals surface area contributed by atoms with Crippen LogP contribution < -0.4 is 24.6 Å². The minimum atomic E-state index is -0.218. The maximum atomic E-state index is 12.6. The summed E-state index contributed by atoms with van der Waals surface area (Å²) in [6, 6.07) is 5.13. The van der Waals surface area contributed by atoms with Crippen LogP contribution in [0.2, 0.25) is 0 Å². The van der Waals surface area contributed by atoms with Crippen LogP contribution in [0.3, 0.4) is 0 Å². The maximum Gasteiger partial charge on any atom is 0.251 e. The molecule has 4 heterocycles. The number of hydrogen-bond donors (Lipinski definition) is 1. The molecule has 1 aromatic carbocycles. The number of nitrogens with zero attached hydrogens (tertiary/aromatic N) is 5. The molecule has 0 radical (unpaired) electrons. The van der Waals surface area contributed by atoms with Gasteiger partial charge in [-0.05, 0) is 31.0 Å². The molecule has 10 heteroatoms. The zero-order valence-corrected chi connectivity index (χ0v) is 16.7. The molecule has 0 atom stereocenters. The summed E-state index contributed by atoms with van der Waals surface area (Å²) in [4.78, 5) is 30.8. The summed E-state index contributed by atoms with van der Waals surface area (Å²) in [6.45, 7) is 5.06. The predicted octanol–water partition coefficient (Wildman–Crippen LogP) is 0.967. The summed E-state index contributed by atoms with van der Waals surface area (Å²) >= 11 is 0. The number of fused-ring (bicyclic) bond motifs is 1. The zero-order valence-electron chi connectivity index (χ0n) is 16.7. The van der Waals surface area contributed by atoms with Gasteiger partial charge in [0.05, 0.1) is 19.8 Å². The maximum absolute atomic E-state index is 12.6. The van der Waals surface area contributed by atoms with Gasteiger partial charge in [-0.3, -0.25) is 4.79 Å². The highest BCUT2D eigenvalue weighted by Gasteiger charge is 2.22. The highest BCUT2D eigenvalue weighted by atomic mass is 16.7. The van der Waals surface area contributed by atoms with E-state index in [1.807, 2.05) is 0 Å². The van der Waals surface area contributed by atoms with E-state index in [1.165, 1.54) is 0 Å². The zero-order chi connectivity index (χ0) is 20.3. The van der Waals surface area contributed by atoms with Crippen molar-refractivity contribution in [2.75, 3.05) is 56.0 Å². The second-order valence-electron chi connectivity index (χ2n) is 7.40. The highest BCUT2D eigenvalue weighted by molar-refractivity contribution is 5.94. The van der Waals surface area contributed by atoms with Crippen molar-refractivity contribution in [3.05, 3.63) is 29.6 Å². The highest BCUT2D eigenvalue weighted by Crippen LogP contribution is 2.32. The molecule has 3 aliphatic heterocycles. The molecule has 158 valence electrons. The monoisotopic (exact) mass is 412 g/mol. The Morgan fingerprint density at radius 1 is 0.933 bits per heavy atom. The van der Waals surface area contributed by atoms with Gasteiger partial charge < -0.3 is 29.3 Å². The van der Waals surface area contributed by atoms with E-state index in [4.69, 9.17) is 19.2 Å². The molecule has 30 heavy (non-hydrogen) atoms. The summed E-state index contributed by atoms with van der Waals surface area (Å²) in [5, 5.41) is 2.90. The molecule has 2 saturated heterocycles. The average Bonchev–Trinajstić information content (AvgIpc) is 3.49. The van der Waals surface area contributed by atoms with E-state index >= 15 is 0 Å². The van der Waals surface area contributed by atoms with Crippen molar-refractivity contribution in [2.45, 2.75) is 19.4 Å². The first-order valence-electron chi connectivity index (χ1n) is 10.3. The van der Waals surface area contributed by atoms with Gasteiger partial charge in [0.1, 0.15) is 0 Å². The molecule has 10 nitrogen and oxygen atoms in total. The number of amides is 1. The summed E-state index contributed by atoms with van der Waals surface area (Å²) in [5.41, 5.74) is 0.501. The van der Waals surface area contributed by atoms with E-state index in [0.29, 0.717) is 48.0 Å². The van der Waals surface area contributed by atoms with Gasteiger partial charge in [-0.1, -0.05) is 0 Å². The Bertz CT molecular complexity index is 928. The summed E-state index contributed by atoms with van der Waals surface area (Å²) < 4.78 is 16.1. The first-order chi connectivity index (χ1) is 14.8. The van der Waals surface area contributed by atoms with Crippen molar-refractivity contribution < 1.29 is 19.0 Å². The van der Waals surface area contributed by atoms with Crippen molar-refractivity contribution in [3.63, 3.8) is 0 Å². The quantitative estimate of drug-likeness (QED) is 0.769. The third-order valence-corrected chi connectivity index (χ3v) is 5.38. The van der Waals surface area contributed by atoms with Crippen LogP contribution >= 0.6 is 0 Å².